The summed E-state index contributed by atoms with van der Waals surface area (Å²) in [7, 11) is 3.74. The molecular weight excluding hydrogens is 250 g/mol. The van der Waals surface area contributed by atoms with Crippen molar-refractivity contribution in [1.82, 2.24) is 19.8 Å². The number of nitrogens with one attached hydrogen (secondary N) is 2. The van der Waals surface area contributed by atoms with E-state index in [0.29, 0.717) is 25.6 Å². The Morgan fingerprint density at radius 1 is 1.50 bits per heavy atom. The molecule has 6 nitrogen and oxygen atoms in total. The Kier molecular flexibility index (Phi) is 6.00. The standard InChI is InChI=1S/C11H21N5OS/c1-8(2)5-13-10(17)7-16(4)6-9-11(12-3)18-15-14-9/h8,12H,5-7H2,1-4H3,(H,13,17). The number of anilines is 1. The van der Waals surface area contributed by atoms with E-state index < -0.39 is 0 Å². The fourth-order valence-corrected chi connectivity index (χ4v) is 1.96. The van der Waals surface area contributed by atoms with Crippen molar-refractivity contribution < 1.29 is 4.79 Å². The zero-order chi connectivity index (χ0) is 13.5. The highest BCUT2D eigenvalue weighted by atomic mass is 32.1. The number of amides is 1. The van der Waals surface area contributed by atoms with E-state index in [1.807, 2.05) is 19.0 Å². The number of likely N-dealkylation sites (N-methyl/N-ethyl adjacent to an activating group) is 1. The molecular formula is C11H21N5OS. The van der Waals surface area contributed by atoms with Gasteiger partial charge in [-0.3, -0.25) is 9.69 Å². The second-order valence-electron chi connectivity index (χ2n) is 4.67. The first kappa shape index (κ1) is 14.8. The first-order chi connectivity index (χ1) is 8.52. The lowest BCUT2D eigenvalue weighted by atomic mass is 10.2. The number of nitrogens with zero attached hydrogens (tertiary/aromatic N) is 3. The predicted octanol–water partition coefficient (Wildman–Crippen LogP) is 0.784. The van der Waals surface area contributed by atoms with Crippen LogP contribution < -0.4 is 10.6 Å². The monoisotopic (exact) mass is 271 g/mol. The summed E-state index contributed by atoms with van der Waals surface area (Å²) in [5.41, 5.74) is 0.877. The van der Waals surface area contributed by atoms with E-state index in [1.165, 1.54) is 11.5 Å². The van der Waals surface area contributed by atoms with Gasteiger partial charge >= 0.3 is 0 Å². The van der Waals surface area contributed by atoms with Gasteiger partial charge in [-0.15, -0.1) is 5.10 Å². The van der Waals surface area contributed by atoms with Crippen molar-refractivity contribution in [3.63, 3.8) is 0 Å². The fourth-order valence-electron chi connectivity index (χ4n) is 1.43. The minimum atomic E-state index is 0.0420. The smallest absolute Gasteiger partial charge is 0.234 e. The molecule has 0 aliphatic rings. The molecule has 1 amide bonds. The van der Waals surface area contributed by atoms with Gasteiger partial charge in [0.25, 0.3) is 0 Å². The van der Waals surface area contributed by atoms with Gasteiger partial charge in [0, 0.05) is 31.7 Å². The first-order valence-corrected chi connectivity index (χ1v) is 6.74. The van der Waals surface area contributed by atoms with Crippen molar-refractivity contribution in [3.05, 3.63) is 5.69 Å². The molecule has 1 aromatic heterocycles. The van der Waals surface area contributed by atoms with Crippen molar-refractivity contribution in [2.24, 2.45) is 5.92 Å². The van der Waals surface area contributed by atoms with Crippen molar-refractivity contribution in [2.75, 3.05) is 32.5 Å². The van der Waals surface area contributed by atoms with Crippen LogP contribution in [0, 0.1) is 5.92 Å². The third-order valence-electron chi connectivity index (χ3n) is 2.32. The molecule has 0 aliphatic heterocycles. The van der Waals surface area contributed by atoms with Gasteiger partial charge in [0.1, 0.15) is 10.7 Å². The SMILES string of the molecule is CNc1snnc1CN(C)CC(=O)NCC(C)C. The van der Waals surface area contributed by atoms with Gasteiger partial charge in [0.15, 0.2) is 0 Å². The van der Waals surface area contributed by atoms with Gasteiger partial charge < -0.3 is 10.6 Å². The summed E-state index contributed by atoms with van der Waals surface area (Å²) >= 11 is 1.33. The number of aromatic nitrogens is 2. The highest BCUT2D eigenvalue weighted by molar-refractivity contribution is 7.10. The number of carbonyl (C=O) groups excluding carboxylic acids is 1. The van der Waals surface area contributed by atoms with Crippen molar-refractivity contribution in [3.8, 4) is 0 Å². The molecule has 0 spiro atoms. The molecule has 7 heteroatoms. The van der Waals surface area contributed by atoms with Gasteiger partial charge in [0.2, 0.25) is 5.91 Å². The lowest BCUT2D eigenvalue weighted by Crippen LogP contribution is -2.36. The van der Waals surface area contributed by atoms with Crippen molar-refractivity contribution in [2.45, 2.75) is 20.4 Å². The van der Waals surface area contributed by atoms with Gasteiger partial charge in [0.05, 0.1) is 6.54 Å². The second kappa shape index (κ2) is 7.27. The summed E-state index contributed by atoms with van der Waals surface area (Å²) < 4.78 is 3.89. The summed E-state index contributed by atoms with van der Waals surface area (Å²) in [6, 6.07) is 0. The number of rotatable bonds is 7. The average Bonchev–Trinajstić information content (AvgIpc) is 2.73. The Hall–Kier alpha value is -1.21. The van der Waals surface area contributed by atoms with E-state index in [-0.39, 0.29) is 5.91 Å². The highest BCUT2D eigenvalue weighted by Crippen LogP contribution is 2.17. The summed E-state index contributed by atoms with van der Waals surface area (Å²) in [5.74, 6) is 0.512. The Balaban J connectivity index is 2.37. The van der Waals surface area contributed by atoms with E-state index in [9.17, 15) is 4.79 Å². The minimum Gasteiger partial charge on any atom is -0.377 e. The third kappa shape index (κ3) is 4.97. The summed E-state index contributed by atoms with van der Waals surface area (Å²) in [4.78, 5) is 13.6. The van der Waals surface area contributed by atoms with Crippen LogP contribution in [0.2, 0.25) is 0 Å². The van der Waals surface area contributed by atoms with Crippen LogP contribution in [-0.2, 0) is 11.3 Å². The normalized spacial score (nSPS) is 11.0. The zero-order valence-corrected chi connectivity index (χ0v) is 12.2. The quantitative estimate of drug-likeness (QED) is 0.767. The van der Waals surface area contributed by atoms with E-state index >= 15 is 0 Å². The molecule has 0 aliphatic carbocycles. The molecule has 18 heavy (non-hydrogen) atoms. The van der Waals surface area contributed by atoms with Crippen LogP contribution in [0.15, 0.2) is 0 Å². The molecule has 0 aromatic carbocycles. The second-order valence-corrected chi connectivity index (χ2v) is 5.42. The summed E-state index contributed by atoms with van der Waals surface area (Å²) in [5, 5.41) is 10.9. The number of carbonyl (C=O) groups is 1. The maximum absolute atomic E-state index is 11.6. The Morgan fingerprint density at radius 2 is 2.22 bits per heavy atom. The summed E-state index contributed by atoms with van der Waals surface area (Å²) in [6.45, 7) is 5.84. The topological polar surface area (TPSA) is 70.2 Å². The molecule has 1 aromatic rings. The van der Waals surface area contributed by atoms with Crippen molar-refractivity contribution >= 4 is 22.4 Å². The van der Waals surface area contributed by atoms with Gasteiger partial charge in [-0.2, -0.15) is 0 Å². The van der Waals surface area contributed by atoms with Crippen LogP contribution in [0.25, 0.3) is 0 Å². The maximum atomic E-state index is 11.6. The van der Waals surface area contributed by atoms with Gasteiger partial charge in [-0.1, -0.05) is 18.3 Å². The van der Waals surface area contributed by atoms with Crippen LogP contribution in [0.4, 0.5) is 5.00 Å². The Bertz CT molecular complexity index is 379. The number of hydrogen-bond donors (Lipinski definition) is 2. The fraction of sp³-hybridized carbons (Fsp3) is 0.727. The van der Waals surface area contributed by atoms with E-state index in [2.05, 4.69) is 34.1 Å². The molecule has 0 fully saturated rings. The largest absolute Gasteiger partial charge is 0.377 e. The molecule has 1 rings (SSSR count). The van der Waals surface area contributed by atoms with Crippen LogP contribution >= 0.6 is 11.5 Å². The van der Waals surface area contributed by atoms with Crippen LogP contribution in [-0.4, -0.2) is 47.6 Å². The number of hydrogen-bond acceptors (Lipinski definition) is 6. The predicted molar refractivity (Wildman–Crippen MR) is 73.6 cm³/mol. The molecule has 0 saturated carbocycles. The molecule has 2 N–H and O–H groups in total. The molecule has 0 atom stereocenters. The first-order valence-electron chi connectivity index (χ1n) is 5.97. The van der Waals surface area contributed by atoms with Crippen LogP contribution in [0.5, 0.6) is 0 Å². The van der Waals surface area contributed by atoms with E-state index in [1.54, 1.807) is 0 Å². The van der Waals surface area contributed by atoms with Crippen LogP contribution in [0.1, 0.15) is 19.5 Å². The molecule has 0 unspecified atom stereocenters. The summed E-state index contributed by atoms with van der Waals surface area (Å²) in [6.07, 6.45) is 0. The molecule has 102 valence electrons. The minimum absolute atomic E-state index is 0.0420. The lowest BCUT2D eigenvalue weighted by molar-refractivity contribution is -0.122. The van der Waals surface area contributed by atoms with Crippen molar-refractivity contribution in [1.29, 1.82) is 0 Å². The Morgan fingerprint density at radius 3 is 2.83 bits per heavy atom. The van der Waals surface area contributed by atoms with Crippen LogP contribution in [0.3, 0.4) is 0 Å². The highest BCUT2D eigenvalue weighted by Gasteiger charge is 2.12. The molecule has 0 saturated heterocycles. The Labute approximate surface area is 112 Å². The van der Waals surface area contributed by atoms with E-state index in [4.69, 9.17) is 0 Å². The van der Waals surface area contributed by atoms with Gasteiger partial charge in [-0.05, 0) is 13.0 Å². The molecule has 0 bridgehead atoms. The zero-order valence-electron chi connectivity index (χ0n) is 11.4. The van der Waals surface area contributed by atoms with Gasteiger partial charge in [-0.25, -0.2) is 0 Å². The molecule has 1 heterocycles. The molecule has 0 radical (unpaired) electrons. The van der Waals surface area contributed by atoms with E-state index in [0.717, 1.165) is 10.7 Å². The lowest BCUT2D eigenvalue weighted by Gasteiger charge is -2.16. The third-order valence-corrected chi connectivity index (χ3v) is 3.11. The maximum Gasteiger partial charge on any atom is 0.234 e. The average molecular weight is 271 g/mol.